The molecule has 0 aliphatic heterocycles. The zero-order valence-corrected chi connectivity index (χ0v) is 10.2. The topological polar surface area (TPSA) is 17.1 Å². The predicted octanol–water partition coefficient (Wildman–Crippen LogP) is 3.85. The molecule has 5 heteroatoms. The lowest BCUT2D eigenvalue weighted by molar-refractivity contribution is -0.134. The van der Waals surface area contributed by atoms with Crippen LogP contribution in [0.4, 0.5) is 0 Å². The number of carbonyl (C=O) groups excluding carboxylic acids is 1. The SMILES string of the molecule is CC1(Cl)C(=O)CC1(C)C(Cl)=C(Cl)Cl. The molecule has 0 aromatic rings. The molecule has 13 heavy (non-hydrogen) atoms. The Bertz CT molecular complexity index is 291. The van der Waals surface area contributed by atoms with Gasteiger partial charge in [0.15, 0.2) is 5.78 Å². The zero-order chi connectivity index (χ0) is 10.4. The third-order valence-corrected chi connectivity index (χ3v) is 4.53. The van der Waals surface area contributed by atoms with Crippen molar-refractivity contribution in [3.63, 3.8) is 0 Å². The molecule has 0 saturated heterocycles. The highest BCUT2D eigenvalue weighted by atomic mass is 35.5. The quantitative estimate of drug-likeness (QED) is 0.656. The number of carbonyl (C=O) groups is 1. The average molecular weight is 262 g/mol. The Morgan fingerprint density at radius 3 is 2.00 bits per heavy atom. The summed E-state index contributed by atoms with van der Waals surface area (Å²) in [5.41, 5.74) is -0.633. The minimum atomic E-state index is -0.987. The normalized spacial score (nSPS) is 38.5. The Morgan fingerprint density at radius 2 is 1.77 bits per heavy atom. The van der Waals surface area contributed by atoms with E-state index in [1.807, 2.05) is 0 Å². The molecular weight excluding hydrogens is 254 g/mol. The van der Waals surface area contributed by atoms with E-state index in [1.54, 1.807) is 13.8 Å². The zero-order valence-electron chi connectivity index (χ0n) is 7.13. The van der Waals surface area contributed by atoms with E-state index in [1.165, 1.54) is 0 Å². The summed E-state index contributed by atoms with van der Waals surface area (Å²) in [4.78, 5) is 10.2. The van der Waals surface area contributed by atoms with E-state index in [9.17, 15) is 4.79 Å². The summed E-state index contributed by atoms with van der Waals surface area (Å²) in [5, 5.41) is 0.257. The maximum absolute atomic E-state index is 11.2. The summed E-state index contributed by atoms with van der Waals surface area (Å²) in [5.74, 6) is -0.0376. The molecule has 0 amide bonds. The van der Waals surface area contributed by atoms with Crippen molar-refractivity contribution in [3.05, 3.63) is 9.52 Å². The van der Waals surface area contributed by atoms with Gasteiger partial charge in [-0.15, -0.1) is 11.6 Å². The number of Topliss-reactive ketones (excluding diaryl/α,β-unsaturated/α-hetero) is 1. The Kier molecular flexibility index (Phi) is 2.96. The van der Waals surface area contributed by atoms with Crippen LogP contribution in [-0.4, -0.2) is 10.7 Å². The van der Waals surface area contributed by atoms with Crippen molar-refractivity contribution in [2.75, 3.05) is 0 Å². The van der Waals surface area contributed by atoms with Gasteiger partial charge in [0.25, 0.3) is 0 Å². The van der Waals surface area contributed by atoms with Gasteiger partial charge < -0.3 is 0 Å². The predicted molar refractivity (Wildman–Crippen MR) is 56.6 cm³/mol. The number of ketones is 1. The first-order valence-electron chi connectivity index (χ1n) is 3.67. The largest absolute Gasteiger partial charge is 0.298 e. The molecule has 1 rings (SSSR count). The molecule has 0 heterocycles. The minimum absolute atomic E-state index is 0.0245. The van der Waals surface area contributed by atoms with Crippen LogP contribution in [0.3, 0.4) is 0 Å². The Morgan fingerprint density at radius 1 is 1.31 bits per heavy atom. The Balaban J connectivity index is 3.08. The average Bonchev–Trinajstić information content (AvgIpc) is 2.02. The fraction of sp³-hybridized carbons (Fsp3) is 0.625. The maximum atomic E-state index is 11.2. The molecule has 0 spiro atoms. The van der Waals surface area contributed by atoms with E-state index in [4.69, 9.17) is 46.4 Å². The molecule has 2 unspecified atom stereocenters. The first kappa shape index (κ1) is 11.6. The van der Waals surface area contributed by atoms with Crippen LogP contribution < -0.4 is 0 Å². The molecule has 1 aliphatic carbocycles. The standard InChI is InChI=1S/C8H8Cl4O/c1-7(5(9)6(10)11)3-4(13)8(7,2)12/h3H2,1-2H3. The van der Waals surface area contributed by atoms with Crippen molar-refractivity contribution >= 4 is 52.2 Å². The Labute approximate surface area is 97.0 Å². The van der Waals surface area contributed by atoms with E-state index in [0.29, 0.717) is 0 Å². The van der Waals surface area contributed by atoms with E-state index in [-0.39, 0.29) is 21.7 Å². The monoisotopic (exact) mass is 260 g/mol. The van der Waals surface area contributed by atoms with Crippen molar-refractivity contribution in [3.8, 4) is 0 Å². The van der Waals surface area contributed by atoms with Gasteiger partial charge >= 0.3 is 0 Å². The van der Waals surface area contributed by atoms with Crippen LogP contribution in [0.25, 0.3) is 0 Å². The van der Waals surface area contributed by atoms with Crippen LogP contribution in [0, 0.1) is 5.41 Å². The summed E-state index contributed by atoms with van der Waals surface area (Å²) in [7, 11) is 0. The smallest absolute Gasteiger partial charge is 0.155 e. The van der Waals surface area contributed by atoms with Crippen molar-refractivity contribution in [1.82, 2.24) is 0 Å². The minimum Gasteiger partial charge on any atom is -0.298 e. The van der Waals surface area contributed by atoms with Gasteiger partial charge in [0, 0.05) is 11.8 Å². The van der Waals surface area contributed by atoms with Crippen LogP contribution in [-0.2, 0) is 4.79 Å². The lowest BCUT2D eigenvalue weighted by Crippen LogP contribution is -2.58. The third-order valence-electron chi connectivity index (χ3n) is 2.72. The fourth-order valence-electron chi connectivity index (χ4n) is 1.35. The molecule has 1 nitrogen and oxygen atoms in total. The molecule has 0 aromatic heterocycles. The molecule has 1 aliphatic rings. The summed E-state index contributed by atoms with van der Waals surface area (Å²) in [6, 6.07) is 0. The van der Waals surface area contributed by atoms with Gasteiger partial charge in [-0.2, -0.15) is 0 Å². The van der Waals surface area contributed by atoms with Gasteiger partial charge in [-0.3, -0.25) is 4.79 Å². The molecule has 0 N–H and O–H groups in total. The number of hydrogen-bond donors (Lipinski definition) is 0. The lowest BCUT2D eigenvalue weighted by atomic mass is 9.60. The highest BCUT2D eigenvalue weighted by Crippen LogP contribution is 2.58. The molecule has 2 atom stereocenters. The van der Waals surface area contributed by atoms with Gasteiger partial charge in [-0.05, 0) is 6.92 Å². The van der Waals surface area contributed by atoms with Crippen LogP contribution in [0.5, 0.6) is 0 Å². The molecule has 74 valence electrons. The van der Waals surface area contributed by atoms with Crippen LogP contribution >= 0.6 is 46.4 Å². The highest BCUT2D eigenvalue weighted by molar-refractivity contribution is 6.60. The number of rotatable bonds is 1. The maximum Gasteiger partial charge on any atom is 0.155 e. The Hall–Kier alpha value is 0.570. The van der Waals surface area contributed by atoms with Gasteiger partial charge in [-0.25, -0.2) is 0 Å². The number of halogens is 4. The van der Waals surface area contributed by atoms with E-state index in [2.05, 4.69) is 0 Å². The number of hydrogen-bond acceptors (Lipinski definition) is 1. The van der Waals surface area contributed by atoms with Crippen molar-refractivity contribution in [1.29, 1.82) is 0 Å². The van der Waals surface area contributed by atoms with E-state index >= 15 is 0 Å². The second kappa shape index (κ2) is 3.30. The van der Waals surface area contributed by atoms with Gasteiger partial charge in [0.2, 0.25) is 0 Å². The summed E-state index contributed by atoms with van der Waals surface area (Å²) in [6.07, 6.45) is 0.286. The van der Waals surface area contributed by atoms with Crippen molar-refractivity contribution in [2.24, 2.45) is 5.41 Å². The molecule has 0 bridgehead atoms. The number of allylic oxidation sites excluding steroid dienone is 1. The highest BCUT2D eigenvalue weighted by Gasteiger charge is 2.61. The molecular formula is C8H8Cl4O. The first-order valence-corrected chi connectivity index (χ1v) is 5.18. The molecule has 1 fully saturated rings. The van der Waals surface area contributed by atoms with Crippen LogP contribution in [0.2, 0.25) is 0 Å². The van der Waals surface area contributed by atoms with Crippen molar-refractivity contribution < 1.29 is 4.79 Å². The second-order valence-electron chi connectivity index (χ2n) is 3.51. The molecule has 0 aromatic carbocycles. The molecule has 0 radical (unpaired) electrons. The summed E-state index contributed by atoms with van der Waals surface area (Å²) < 4.78 is -0.0245. The van der Waals surface area contributed by atoms with E-state index in [0.717, 1.165) is 0 Å². The fourth-order valence-corrected chi connectivity index (χ4v) is 2.30. The van der Waals surface area contributed by atoms with Crippen molar-refractivity contribution in [2.45, 2.75) is 25.1 Å². The van der Waals surface area contributed by atoms with Gasteiger partial charge in [-0.1, -0.05) is 41.7 Å². The third kappa shape index (κ3) is 1.50. The van der Waals surface area contributed by atoms with Crippen LogP contribution in [0.1, 0.15) is 20.3 Å². The lowest BCUT2D eigenvalue weighted by Gasteiger charge is -2.49. The first-order chi connectivity index (χ1) is 5.73. The molecule has 1 saturated carbocycles. The van der Waals surface area contributed by atoms with Gasteiger partial charge in [0.05, 0.1) is 5.03 Å². The van der Waals surface area contributed by atoms with Gasteiger partial charge in [0.1, 0.15) is 9.37 Å². The van der Waals surface area contributed by atoms with E-state index < -0.39 is 10.3 Å². The van der Waals surface area contributed by atoms with Crippen LogP contribution in [0.15, 0.2) is 9.52 Å². The summed E-state index contributed by atoms with van der Waals surface area (Å²) >= 11 is 23.0. The number of alkyl halides is 1. The second-order valence-corrected chi connectivity index (χ2v) is 5.59. The summed E-state index contributed by atoms with van der Waals surface area (Å²) in [6.45, 7) is 3.40.